The van der Waals surface area contributed by atoms with Gasteiger partial charge in [0.25, 0.3) is 0 Å². The molecule has 1 aliphatic carbocycles. The molecule has 1 heterocycles. The maximum atomic E-state index is 12.1. The Kier molecular flexibility index (Phi) is 3.18. The van der Waals surface area contributed by atoms with Gasteiger partial charge in [-0.3, -0.25) is 9.63 Å². The van der Waals surface area contributed by atoms with Gasteiger partial charge in [-0.1, -0.05) is 30.3 Å². The van der Waals surface area contributed by atoms with E-state index in [0.717, 1.165) is 25.7 Å². The monoisotopic (exact) mass is 245 g/mol. The number of hydroxylamine groups is 2. The number of rotatable bonds is 2. The van der Waals surface area contributed by atoms with Crippen molar-refractivity contribution in [3.8, 4) is 0 Å². The number of carbonyl (C=O) groups is 1. The second-order valence-corrected chi connectivity index (χ2v) is 5.33. The lowest BCUT2D eigenvalue weighted by molar-refractivity contribution is -0.149. The van der Waals surface area contributed by atoms with E-state index < -0.39 is 0 Å². The number of Topliss-reactive ketones (excluding diaryl/α,β-unsaturated/α-hetero) is 1. The molecule has 3 atom stereocenters. The third kappa shape index (κ3) is 2.08. The molecule has 2 aliphatic rings. The molecule has 0 aromatic heterocycles. The molecule has 2 unspecified atom stereocenters. The van der Waals surface area contributed by atoms with E-state index in [1.807, 2.05) is 30.3 Å². The maximum absolute atomic E-state index is 12.1. The Hall–Kier alpha value is -1.19. The van der Waals surface area contributed by atoms with Crippen LogP contribution in [-0.4, -0.2) is 30.0 Å². The van der Waals surface area contributed by atoms with Gasteiger partial charge in [0, 0.05) is 13.5 Å². The van der Waals surface area contributed by atoms with E-state index in [1.54, 1.807) is 0 Å². The van der Waals surface area contributed by atoms with Gasteiger partial charge >= 0.3 is 0 Å². The van der Waals surface area contributed by atoms with Gasteiger partial charge in [-0.15, -0.1) is 0 Å². The smallest absolute Gasteiger partial charge is 0.140 e. The first-order chi connectivity index (χ1) is 8.75. The van der Waals surface area contributed by atoms with Crippen molar-refractivity contribution in [3.05, 3.63) is 35.9 Å². The summed E-state index contributed by atoms with van der Waals surface area (Å²) in [6, 6.07) is 10.6. The van der Waals surface area contributed by atoms with E-state index in [1.165, 1.54) is 5.56 Å². The highest BCUT2D eigenvalue weighted by atomic mass is 16.7. The quantitative estimate of drug-likeness (QED) is 0.800. The molecule has 3 nitrogen and oxygen atoms in total. The molecule has 18 heavy (non-hydrogen) atoms. The topological polar surface area (TPSA) is 29.5 Å². The van der Waals surface area contributed by atoms with Crippen LogP contribution in [0.15, 0.2) is 30.3 Å². The average molecular weight is 245 g/mol. The normalized spacial score (nSPS) is 32.5. The molecule has 3 rings (SSSR count). The minimum Gasteiger partial charge on any atom is -0.299 e. The Labute approximate surface area is 108 Å². The molecule has 0 bridgehead atoms. The Balaban J connectivity index is 1.80. The van der Waals surface area contributed by atoms with Crippen LogP contribution in [0.3, 0.4) is 0 Å². The van der Waals surface area contributed by atoms with Crippen molar-refractivity contribution in [1.82, 2.24) is 5.06 Å². The molecule has 0 amide bonds. The predicted molar refractivity (Wildman–Crippen MR) is 68.9 cm³/mol. The molecular weight excluding hydrogens is 226 g/mol. The zero-order valence-electron chi connectivity index (χ0n) is 10.7. The van der Waals surface area contributed by atoms with Crippen LogP contribution in [0.25, 0.3) is 0 Å². The summed E-state index contributed by atoms with van der Waals surface area (Å²) in [6.07, 6.45) is 3.73. The van der Waals surface area contributed by atoms with Crippen LogP contribution < -0.4 is 0 Å². The lowest BCUT2D eigenvalue weighted by Gasteiger charge is -2.25. The largest absolute Gasteiger partial charge is 0.299 e. The second-order valence-electron chi connectivity index (χ2n) is 5.33. The van der Waals surface area contributed by atoms with Crippen LogP contribution in [0, 0.1) is 5.92 Å². The highest BCUT2D eigenvalue weighted by Gasteiger charge is 2.46. The molecule has 0 N–H and O–H groups in total. The molecule has 1 saturated heterocycles. The van der Waals surface area contributed by atoms with E-state index in [2.05, 4.69) is 12.1 Å². The van der Waals surface area contributed by atoms with E-state index >= 15 is 0 Å². The standard InChI is InChI=1S/C15H19NO2/c1-16-12(10-11-6-3-2-4-7-11)15-13(17)8-5-9-14(15)18-16/h2-4,6-7,12,14-15H,5,8-10H2,1H3/t12?,14-,15?/m0/s1. The Morgan fingerprint density at radius 3 is 2.89 bits per heavy atom. The second kappa shape index (κ2) is 4.82. The van der Waals surface area contributed by atoms with Gasteiger partial charge in [0.15, 0.2) is 0 Å². The summed E-state index contributed by atoms with van der Waals surface area (Å²) in [4.78, 5) is 17.9. The Morgan fingerprint density at radius 2 is 2.11 bits per heavy atom. The Bertz CT molecular complexity index is 431. The van der Waals surface area contributed by atoms with Crippen molar-refractivity contribution in [2.75, 3.05) is 7.05 Å². The highest BCUT2D eigenvalue weighted by molar-refractivity contribution is 5.83. The zero-order chi connectivity index (χ0) is 12.5. The molecule has 0 spiro atoms. The lowest BCUT2D eigenvalue weighted by Crippen LogP contribution is -2.38. The first kappa shape index (κ1) is 11.9. The van der Waals surface area contributed by atoms with E-state index in [-0.39, 0.29) is 18.1 Å². The molecule has 0 radical (unpaired) electrons. The van der Waals surface area contributed by atoms with Gasteiger partial charge in [0.1, 0.15) is 5.78 Å². The van der Waals surface area contributed by atoms with E-state index in [4.69, 9.17) is 4.84 Å². The van der Waals surface area contributed by atoms with Gasteiger partial charge in [-0.25, -0.2) is 0 Å². The van der Waals surface area contributed by atoms with Gasteiger partial charge in [0.2, 0.25) is 0 Å². The van der Waals surface area contributed by atoms with Gasteiger partial charge < -0.3 is 0 Å². The summed E-state index contributed by atoms with van der Waals surface area (Å²) in [5.74, 6) is 0.459. The van der Waals surface area contributed by atoms with Crippen molar-refractivity contribution in [2.24, 2.45) is 5.92 Å². The summed E-state index contributed by atoms with van der Waals surface area (Å²) in [5, 5.41) is 1.91. The SMILES string of the molecule is CN1O[C@H]2CCCC(=O)C2C1Cc1ccccc1. The van der Waals surface area contributed by atoms with Crippen LogP contribution in [0.4, 0.5) is 0 Å². The maximum Gasteiger partial charge on any atom is 0.140 e. The van der Waals surface area contributed by atoms with E-state index in [0.29, 0.717) is 5.78 Å². The number of fused-ring (bicyclic) bond motifs is 1. The first-order valence-corrected chi connectivity index (χ1v) is 6.72. The van der Waals surface area contributed by atoms with Crippen molar-refractivity contribution >= 4 is 5.78 Å². The minimum atomic E-state index is 0.0731. The van der Waals surface area contributed by atoms with Crippen LogP contribution >= 0.6 is 0 Å². The van der Waals surface area contributed by atoms with Gasteiger partial charge in [-0.05, 0) is 24.8 Å². The molecule has 1 saturated carbocycles. The fourth-order valence-electron chi connectivity index (χ4n) is 3.24. The molecule has 96 valence electrons. The average Bonchev–Trinajstić information content (AvgIpc) is 2.69. The summed E-state index contributed by atoms with van der Waals surface area (Å²) in [7, 11) is 1.96. The minimum absolute atomic E-state index is 0.0731. The van der Waals surface area contributed by atoms with Crippen LogP contribution in [0.1, 0.15) is 24.8 Å². The summed E-state index contributed by atoms with van der Waals surface area (Å²) in [5.41, 5.74) is 1.27. The predicted octanol–water partition coefficient (Wildman–Crippen LogP) is 2.21. The van der Waals surface area contributed by atoms with E-state index in [9.17, 15) is 4.79 Å². The third-order valence-corrected chi connectivity index (χ3v) is 4.16. The molecule has 1 aromatic carbocycles. The van der Waals surface area contributed by atoms with Gasteiger partial charge in [-0.2, -0.15) is 5.06 Å². The number of ketones is 1. The first-order valence-electron chi connectivity index (χ1n) is 6.72. The molecule has 1 aromatic rings. The number of carbonyl (C=O) groups excluding carboxylic acids is 1. The summed E-state index contributed by atoms with van der Waals surface area (Å²) < 4.78 is 0. The zero-order valence-corrected chi connectivity index (χ0v) is 10.7. The Morgan fingerprint density at radius 1 is 1.33 bits per heavy atom. The van der Waals surface area contributed by atoms with Crippen molar-refractivity contribution < 1.29 is 9.63 Å². The highest BCUT2D eigenvalue weighted by Crippen LogP contribution is 2.36. The summed E-state index contributed by atoms with van der Waals surface area (Å²) >= 11 is 0. The van der Waals surface area contributed by atoms with Crippen LogP contribution in [0.5, 0.6) is 0 Å². The van der Waals surface area contributed by atoms with Crippen LogP contribution in [-0.2, 0) is 16.1 Å². The van der Waals surface area contributed by atoms with Crippen molar-refractivity contribution in [3.63, 3.8) is 0 Å². The number of nitrogens with zero attached hydrogens (tertiary/aromatic N) is 1. The fraction of sp³-hybridized carbons (Fsp3) is 0.533. The summed E-state index contributed by atoms with van der Waals surface area (Å²) in [6.45, 7) is 0. The third-order valence-electron chi connectivity index (χ3n) is 4.16. The number of benzene rings is 1. The molecule has 1 aliphatic heterocycles. The number of hydrogen-bond donors (Lipinski definition) is 0. The molecular formula is C15H19NO2. The van der Waals surface area contributed by atoms with Crippen molar-refractivity contribution in [2.45, 2.75) is 37.8 Å². The molecule has 3 heteroatoms. The fourth-order valence-corrected chi connectivity index (χ4v) is 3.24. The van der Waals surface area contributed by atoms with Crippen LogP contribution in [0.2, 0.25) is 0 Å². The number of likely N-dealkylation sites (N-methyl/N-ethyl adjacent to an activating group) is 1. The molecule has 2 fully saturated rings. The van der Waals surface area contributed by atoms with Crippen molar-refractivity contribution in [1.29, 1.82) is 0 Å². The van der Waals surface area contributed by atoms with Gasteiger partial charge in [0.05, 0.1) is 18.1 Å². The lowest BCUT2D eigenvalue weighted by atomic mass is 9.79. The number of hydrogen-bond acceptors (Lipinski definition) is 3.